The van der Waals surface area contributed by atoms with Crippen molar-refractivity contribution in [3.05, 3.63) is 102 Å². The topological polar surface area (TPSA) is 109 Å². The molecule has 1 unspecified atom stereocenters. The molecule has 0 saturated carbocycles. The van der Waals surface area contributed by atoms with E-state index in [0.717, 1.165) is 5.52 Å². The lowest BCUT2D eigenvalue weighted by atomic mass is 9.95. The molecule has 2 aromatic heterocycles. The van der Waals surface area contributed by atoms with Gasteiger partial charge in [0.05, 0.1) is 29.8 Å². The van der Waals surface area contributed by atoms with Gasteiger partial charge in [0.15, 0.2) is 22.9 Å². The molecule has 0 aliphatic carbocycles. The number of para-hydroxylation sites is 3. The van der Waals surface area contributed by atoms with Crippen LogP contribution in [0.25, 0.3) is 22.0 Å². The van der Waals surface area contributed by atoms with Gasteiger partial charge in [-0.15, -0.1) is 0 Å². The first-order valence-electron chi connectivity index (χ1n) is 10.9. The van der Waals surface area contributed by atoms with Crippen molar-refractivity contribution in [2.45, 2.75) is 6.04 Å². The molecule has 172 valence electrons. The molecule has 1 amide bonds. The molecule has 3 heterocycles. The number of rotatable bonds is 5. The molecule has 2 N–H and O–H groups in total. The number of hydrogen-bond donors (Lipinski definition) is 2. The number of H-pyrrole nitrogens is 1. The monoisotopic (exact) mass is 465 g/mol. The molecule has 8 nitrogen and oxygen atoms in total. The normalized spacial score (nSPS) is 16.0. The predicted octanol–water partition coefficient (Wildman–Crippen LogP) is 5.10. The van der Waals surface area contributed by atoms with Gasteiger partial charge in [-0.05, 0) is 29.8 Å². The van der Waals surface area contributed by atoms with Gasteiger partial charge in [-0.2, -0.15) is 0 Å². The van der Waals surface area contributed by atoms with Crippen molar-refractivity contribution in [1.29, 1.82) is 0 Å². The summed E-state index contributed by atoms with van der Waals surface area (Å²) in [5.74, 6) is -1.27. The molecule has 1 aliphatic rings. The fourth-order valence-electron chi connectivity index (χ4n) is 4.50. The van der Waals surface area contributed by atoms with Gasteiger partial charge in [0, 0.05) is 5.39 Å². The number of nitrogens with zero attached hydrogens (tertiary/aromatic N) is 2. The second-order valence-corrected chi connectivity index (χ2v) is 8.15. The fraction of sp³-hybridized carbons (Fsp3) is 0.0741. The number of Topliss-reactive ketones (excluding diaryl/α,β-unsaturated/α-hetero) is 1. The number of nitrogens with one attached hydrogen (secondary N) is 1. The van der Waals surface area contributed by atoms with Crippen LogP contribution in [0, 0.1) is 0 Å². The maximum Gasteiger partial charge on any atom is 0.296 e. The third-order valence-corrected chi connectivity index (χ3v) is 6.12. The molecule has 0 radical (unpaired) electrons. The second kappa shape index (κ2) is 7.88. The van der Waals surface area contributed by atoms with Crippen LogP contribution in [0.4, 0.5) is 5.95 Å². The molecule has 0 bridgehead atoms. The van der Waals surface area contributed by atoms with E-state index in [1.54, 1.807) is 48.5 Å². The van der Waals surface area contributed by atoms with Crippen LogP contribution in [-0.2, 0) is 4.79 Å². The molecule has 8 heteroatoms. The zero-order valence-electron chi connectivity index (χ0n) is 18.6. The summed E-state index contributed by atoms with van der Waals surface area (Å²) in [5, 5.41) is 11.6. The van der Waals surface area contributed by atoms with Gasteiger partial charge in [-0.25, -0.2) is 4.98 Å². The Balaban J connectivity index is 1.50. The molecule has 1 atom stereocenters. The van der Waals surface area contributed by atoms with Crippen LogP contribution in [-0.4, -0.2) is 33.9 Å². The highest BCUT2D eigenvalue weighted by Crippen LogP contribution is 2.42. The Bertz CT molecular complexity index is 1610. The number of fused-ring (bicyclic) bond motifs is 2. The predicted molar refractivity (Wildman–Crippen MR) is 130 cm³/mol. The first-order valence-corrected chi connectivity index (χ1v) is 10.9. The number of aliphatic hydroxyl groups excluding tert-OH is 1. The van der Waals surface area contributed by atoms with Gasteiger partial charge in [-0.1, -0.05) is 54.6 Å². The lowest BCUT2D eigenvalue weighted by Gasteiger charge is -2.24. The molecule has 6 rings (SSSR count). The van der Waals surface area contributed by atoms with E-state index in [0.29, 0.717) is 27.8 Å². The van der Waals surface area contributed by atoms with Crippen molar-refractivity contribution in [3.63, 3.8) is 0 Å². The molecule has 35 heavy (non-hydrogen) atoms. The molecular formula is C27H19N3O5. The number of aliphatic hydroxyl groups is 1. The Morgan fingerprint density at radius 2 is 1.83 bits per heavy atom. The Hall–Kier alpha value is -4.85. The molecule has 0 saturated heterocycles. The first-order chi connectivity index (χ1) is 17.1. The number of ether oxygens (including phenoxy) is 1. The number of amides is 1. The van der Waals surface area contributed by atoms with Gasteiger partial charge in [0.25, 0.3) is 5.91 Å². The van der Waals surface area contributed by atoms with Crippen LogP contribution in [0.15, 0.2) is 94.6 Å². The Labute approximate surface area is 199 Å². The van der Waals surface area contributed by atoms with E-state index in [1.165, 1.54) is 12.0 Å². The van der Waals surface area contributed by atoms with Crippen LogP contribution in [0.1, 0.15) is 22.2 Å². The van der Waals surface area contributed by atoms with Gasteiger partial charge < -0.3 is 19.2 Å². The highest BCUT2D eigenvalue weighted by molar-refractivity contribution is 6.20. The van der Waals surface area contributed by atoms with Gasteiger partial charge >= 0.3 is 0 Å². The Kier molecular flexibility index (Phi) is 4.67. The van der Waals surface area contributed by atoms with E-state index in [-0.39, 0.29) is 17.3 Å². The number of ketones is 1. The number of carbonyl (C=O) groups is 2. The zero-order chi connectivity index (χ0) is 24.1. The Morgan fingerprint density at radius 3 is 2.60 bits per heavy atom. The fourth-order valence-corrected chi connectivity index (χ4v) is 4.50. The number of imidazole rings is 1. The highest BCUT2D eigenvalue weighted by Gasteiger charge is 2.46. The minimum atomic E-state index is -0.910. The first kappa shape index (κ1) is 20.7. The zero-order valence-corrected chi connectivity index (χ0v) is 18.6. The molecule has 1 aliphatic heterocycles. The standard InChI is InChI=1S/C27H19N3O5/c1-34-19-13-7-10-16-14-20(35-25(16)19)23(31)21-22(15-8-3-2-4-9-15)30(26(33)24(21)32)27-28-17-11-5-6-12-18(17)29-27/h2-14,22,32H,1H3,(H,28,29). The quantitative estimate of drug-likeness (QED) is 0.350. The number of furan rings is 1. The summed E-state index contributed by atoms with van der Waals surface area (Å²) in [6.07, 6.45) is 0. The maximum absolute atomic E-state index is 13.7. The SMILES string of the molecule is COc1cccc2cc(C(=O)C3=C(O)C(=O)N(c4nc5ccccc5[nH]4)C3c3ccccc3)oc12. The highest BCUT2D eigenvalue weighted by atomic mass is 16.5. The largest absolute Gasteiger partial charge is 0.503 e. The van der Waals surface area contributed by atoms with Crippen molar-refractivity contribution in [2.75, 3.05) is 12.0 Å². The number of carbonyl (C=O) groups excluding carboxylic acids is 2. The number of methoxy groups -OCH3 is 1. The average Bonchev–Trinajstić information content (AvgIpc) is 3.58. The van der Waals surface area contributed by atoms with E-state index >= 15 is 0 Å². The Morgan fingerprint density at radius 1 is 1.06 bits per heavy atom. The number of aromatic amines is 1. The molecule has 0 spiro atoms. The summed E-state index contributed by atoms with van der Waals surface area (Å²) < 4.78 is 11.2. The lowest BCUT2D eigenvalue weighted by molar-refractivity contribution is -0.117. The summed E-state index contributed by atoms with van der Waals surface area (Å²) in [6.45, 7) is 0. The molecular weight excluding hydrogens is 446 g/mol. The van der Waals surface area contributed by atoms with Crippen molar-refractivity contribution in [3.8, 4) is 5.75 Å². The van der Waals surface area contributed by atoms with Crippen LogP contribution in [0.3, 0.4) is 0 Å². The van der Waals surface area contributed by atoms with E-state index in [9.17, 15) is 14.7 Å². The summed E-state index contributed by atoms with van der Waals surface area (Å²) in [6, 6.07) is 22.4. The smallest absolute Gasteiger partial charge is 0.296 e. The third kappa shape index (κ3) is 3.18. The van der Waals surface area contributed by atoms with E-state index < -0.39 is 23.5 Å². The summed E-state index contributed by atoms with van der Waals surface area (Å²) >= 11 is 0. The summed E-state index contributed by atoms with van der Waals surface area (Å²) in [7, 11) is 1.51. The number of hydrogen-bond acceptors (Lipinski definition) is 6. The van der Waals surface area contributed by atoms with Crippen molar-refractivity contribution in [1.82, 2.24) is 9.97 Å². The van der Waals surface area contributed by atoms with Crippen LogP contribution >= 0.6 is 0 Å². The molecule has 3 aromatic carbocycles. The van der Waals surface area contributed by atoms with Crippen LogP contribution in [0.2, 0.25) is 0 Å². The van der Waals surface area contributed by atoms with Gasteiger partial charge in [0.2, 0.25) is 11.7 Å². The minimum Gasteiger partial charge on any atom is -0.503 e. The van der Waals surface area contributed by atoms with Crippen molar-refractivity contribution < 1.29 is 23.8 Å². The minimum absolute atomic E-state index is 0.00811. The molecule has 5 aromatic rings. The van der Waals surface area contributed by atoms with Crippen LogP contribution < -0.4 is 9.64 Å². The van der Waals surface area contributed by atoms with E-state index in [1.807, 2.05) is 30.3 Å². The third-order valence-electron chi connectivity index (χ3n) is 6.12. The number of benzene rings is 3. The number of aromatic nitrogens is 2. The maximum atomic E-state index is 13.7. The van der Waals surface area contributed by atoms with E-state index in [4.69, 9.17) is 9.15 Å². The second-order valence-electron chi connectivity index (χ2n) is 8.15. The van der Waals surface area contributed by atoms with Crippen LogP contribution in [0.5, 0.6) is 5.75 Å². The molecule has 0 fully saturated rings. The summed E-state index contributed by atoms with van der Waals surface area (Å²) in [4.78, 5) is 36.1. The van der Waals surface area contributed by atoms with Crippen molar-refractivity contribution >= 4 is 39.6 Å². The van der Waals surface area contributed by atoms with Gasteiger partial charge in [-0.3, -0.25) is 14.5 Å². The summed E-state index contributed by atoms with van der Waals surface area (Å²) in [5.41, 5.74) is 2.35. The van der Waals surface area contributed by atoms with Gasteiger partial charge in [0.1, 0.15) is 0 Å². The number of anilines is 1. The van der Waals surface area contributed by atoms with Crippen molar-refractivity contribution in [2.24, 2.45) is 0 Å². The van der Waals surface area contributed by atoms with E-state index in [2.05, 4.69) is 9.97 Å². The average molecular weight is 465 g/mol. The lowest BCUT2D eigenvalue weighted by Crippen LogP contribution is -2.31.